The van der Waals surface area contributed by atoms with E-state index >= 15 is 0 Å². The Labute approximate surface area is 123 Å². The quantitative estimate of drug-likeness (QED) is 0.724. The van der Waals surface area contributed by atoms with Gasteiger partial charge in [-0.1, -0.05) is 6.07 Å². The van der Waals surface area contributed by atoms with Crippen LogP contribution in [0.5, 0.6) is 5.75 Å². The molecule has 0 aliphatic heterocycles. The highest BCUT2D eigenvalue weighted by atomic mass is 19.2. The summed E-state index contributed by atoms with van der Waals surface area (Å²) in [6.07, 6.45) is 0. The lowest BCUT2D eigenvalue weighted by Crippen LogP contribution is -2.50. The molecule has 0 atom stereocenters. The van der Waals surface area contributed by atoms with Crippen LogP contribution in [0.1, 0.15) is 27.7 Å². The molecule has 1 rings (SSSR count). The average molecular weight is 304 g/mol. The first kappa shape index (κ1) is 17.8. The van der Waals surface area contributed by atoms with Crippen LogP contribution in [0.25, 0.3) is 0 Å². The fourth-order valence-corrected chi connectivity index (χ4v) is 1.53. The van der Waals surface area contributed by atoms with Crippen LogP contribution in [-0.4, -0.2) is 32.7 Å². The van der Waals surface area contributed by atoms with Crippen LogP contribution >= 0.6 is 0 Å². The van der Waals surface area contributed by atoms with Crippen LogP contribution in [0.4, 0.5) is 13.2 Å². The lowest BCUT2D eigenvalue weighted by Gasteiger charge is -2.40. The minimum absolute atomic E-state index is 0.0266. The molecule has 0 radical (unpaired) electrons. The first-order chi connectivity index (χ1) is 9.66. The molecule has 1 aromatic carbocycles. The third-order valence-electron chi connectivity index (χ3n) is 3.89. The summed E-state index contributed by atoms with van der Waals surface area (Å²) >= 11 is 0. The van der Waals surface area contributed by atoms with Crippen LogP contribution < -0.4 is 10.2 Å². The second-order valence-corrected chi connectivity index (χ2v) is 5.62. The molecule has 0 aliphatic carbocycles. The predicted molar refractivity (Wildman–Crippen MR) is 76.0 cm³/mol. The number of hydrogen-bond acceptors (Lipinski definition) is 3. The van der Waals surface area contributed by atoms with E-state index in [2.05, 4.69) is 4.74 Å². The molecule has 0 aliphatic rings. The molecule has 0 spiro atoms. The lowest BCUT2D eigenvalue weighted by molar-refractivity contribution is -0.114. The molecule has 0 heterocycles. The average Bonchev–Trinajstić information content (AvgIpc) is 2.43. The van der Waals surface area contributed by atoms with Crippen molar-refractivity contribution < 1.29 is 27.3 Å². The predicted octanol–water partition coefficient (Wildman–Crippen LogP) is 2.47. The van der Waals surface area contributed by atoms with Crippen molar-refractivity contribution in [2.24, 2.45) is 0 Å². The highest BCUT2D eigenvalue weighted by Gasteiger charge is 2.38. The largest absolute Gasteiger partial charge is 0.460 e. The van der Waals surface area contributed by atoms with Crippen molar-refractivity contribution in [1.29, 1.82) is 0 Å². The van der Waals surface area contributed by atoms with Crippen molar-refractivity contribution in [3.05, 3.63) is 23.8 Å². The van der Waals surface area contributed by atoms with Crippen molar-refractivity contribution in [3.63, 3.8) is 0 Å². The van der Waals surface area contributed by atoms with E-state index in [0.717, 1.165) is 0 Å². The van der Waals surface area contributed by atoms with Crippen LogP contribution in [0, 0.1) is 11.6 Å². The van der Waals surface area contributed by atoms with Gasteiger partial charge < -0.3 is 14.1 Å². The zero-order valence-corrected chi connectivity index (χ0v) is 12.9. The minimum Gasteiger partial charge on any atom is -0.460 e. The van der Waals surface area contributed by atoms with Gasteiger partial charge in [0.15, 0.2) is 17.4 Å². The molecule has 1 aromatic rings. The summed E-state index contributed by atoms with van der Waals surface area (Å²) in [6, 6.07) is 2.48. The summed E-state index contributed by atoms with van der Waals surface area (Å²) in [6.45, 7) is 6.04. The molecule has 0 saturated carbocycles. The van der Waals surface area contributed by atoms with E-state index in [9.17, 15) is 13.2 Å². The third-order valence-corrected chi connectivity index (χ3v) is 3.89. The van der Waals surface area contributed by atoms with Crippen molar-refractivity contribution in [2.45, 2.75) is 38.9 Å². The Morgan fingerprint density at radius 2 is 1.67 bits per heavy atom. The summed E-state index contributed by atoms with van der Waals surface area (Å²) in [5, 5.41) is 0. The standard InChI is InChI=1S/C14H20BF3O3/c1-13(2,19-5)14(3,4)21-15-9-6-7-10(20-8-16)12(18)11(9)17/h6-7,15H,8H2,1-5H3. The highest BCUT2D eigenvalue weighted by Crippen LogP contribution is 2.28. The second kappa shape index (κ2) is 6.70. The van der Waals surface area contributed by atoms with Gasteiger partial charge in [-0.2, -0.15) is 4.39 Å². The normalized spacial score (nSPS) is 12.4. The molecule has 118 valence electrons. The smallest absolute Gasteiger partial charge is 0.312 e. The van der Waals surface area contributed by atoms with Crippen LogP contribution in [0.3, 0.4) is 0 Å². The van der Waals surface area contributed by atoms with E-state index < -0.39 is 35.4 Å². The monoisotopic (exact) mass is 304 g/mol. The molecule has 0 fully saturated rings. The summed E-state index contributed by atoms with van der Waals surface area (Å²) in [5.41, 5.74) is -1.31. The van der Waals surface area contributed by atoms with Crippen molar-refractivity contribution >= 4 is 12.9 Å². The zero-order valence-electron chi connectivity index (χ0n) is 12.9. The number of alkyl halides is 1. The molecular formula is C14H20BF3O3. The molecule has 0 unspecified atom stereocenters. The van der Waals surface area contributed by atoms with Crippen LogP contribution in [0.2, 0.25) is 0 Å². The van der Waals surface area contributed by atoms with Gasteiger partial charge in [-0.15, -0.1) is 0 Å². The van der Waals surface area contributed by atoms with E-state index in [1.165, 1.54) is 12.1 Å². The van der Waals surface area contributed by atoms with E-state index in [0.29, 0.717) is 0 Å². The number of methoxy groups -OCH3 is 1. The first-order valence-electron chi connectivity index (χ1n) is 6.51. The Hall–Kier alpha value is -1.21. The van der Waals surface area contributed by atoms with Gasteiger partial charge in [0.25, 0.3) is 0 Å². The summed E-state index contributed by atoms with van der Waals surface area (Å²) < 4.78 is 54.8. The third kappa shape index (κ3) is 3.92. The number of hydrogen-bond donors (Lipinski definition) is 0. The molecule has 0 saturated heterocycles. The topological polar surface area (TPSA) is 27.7 Å². The minimum atomic E-state index is -1.22. The first-order valence-corrected chi connectivity index (χ1v) is 6.51. The fourth-order valence-electron chi connectivity index (χ4n) is 1.53. The van der Waals surface area contributed by atoms with Gasteiger partial charge in [-0.3, -0.25) is 0 Å². The Morgan fingerprint density at radius 3 is 2.19 bits per heavy atom. The lowest BCUT2D eigenvalue weighted by atomic mass is 9.82. The molecule has 7 heteroatoms. The maximum Gasteiger partial charge on any atom is 0.312 e. The number of halogens is 3. The van der Waals surface area contributed by atoms with Gasteiger partial charge in [0.2, 0.25) is 6.86 Å². The molecule has 0 N–H and O–H groups in total. The van der Waals surface area contributed by atoms with Gasteiger partial charge >= 0.3 is 7.48 Å². The van der Waals surface area contributed by atoms with Crippen molar-refractivity contribution in [3.8, 4) is 5.75 Å². The SMILES string of the molecule is COC(C)(C)C(C)(C)OBc1ccc(OCF)c(F)c1F. The van der Waals surface area contributed by atoms with Gasteiger partial charge in [0.05, 0.1) is 11.2 Å². The van der Waals surface area contributed by atoms with E-state index in [4.69, 9.17) is 9.39 Å². The maximum atomic E-state index is 13.9. The molecule has 0 amide bonds. The van der Waals surface area contributed by atoms with Gasteiger partial charge in [-0.05, 0) is 39.2 Å². The number of rotatable bonds is 7. The molecule has 3 nitrogen and oxygen atoms in total. The molecule has 0 bridgehead atoms. The second-order valence-electron chi connectivity index (χ2n) is 5.62. The summed E-state index contributed by atoms with van der Waals surface area (Å²) in [4.78, 5) is 0. The Balaban J connectivity index is 2.88. The van der Waals surface area contributed by atoms with E-state index in [1.807, 2.05) is 13.8 Å². The highest BCUT2D eigenvalue weighted by molar-refractivity contribution is 6.47. The maximum absolute atomic E-state index is 13.9. The number of ether oxygens (including phenoxy) is 2. The number of benzene rings is 1. The van der Waals surface area contributed by atoms with Gasteiger partial charge in [0, 0.05) is 7.11 Å². The molecule has 21 heavy (non-hydrogen) atoms. The summed E-state index contributed by atoms with van der Waals surface area (Å²) in [7, 11) is 1.41. The van der Waals surface area contributed by atoms with Crippen LogP contribution in [0.15, 0.2) is 12.1 Å². The van der Waals surface area contributed by atoms with E-state index in [-0.39, 0.29) is 12.9 Å². The van der Waals surface area contributed by atoms with Crippen LogP contribution in [-0.2, 0) is 9.39 Å². The van der Waals surface area contributed by atoms with Crippen molar-refractivity contribution in [1.82, 2.24) is 0 Å². The zero-order chi connectivity index (χ0) is 16.3. The Morgan fingerprint density at radius 1 is 1.05 bits per heavy atom. The Kier molecular flexibility index (Phi) is 5.70. The Bertz CT molecular complexity index is 493. The molecule has 0 aromatic heterocycles. The van der Waals surface area contributed by atoms with Gasteiger partial charge in [0.1, 0.15) is 0 Å². The summed E-state index contributed by atoms with van der Waals surface area (Å²) in [5.74, 6) is -2.79. The van der Waals surface area contributed by atoms with Crippen molar-refractivity contribution in [2.75, 3.05) is 14.0 Å². The van der Waals surface area contributed by atoms with Gasteiger partial charge in [-0.25, -0.2) is 8.78 Å². The fraction of sp³-hybridized carbons (Fsp3) is 0.571. The molecular weight excluding hydrogens is 284 g/mol. The van der Waals surface area contributed by atoms with E-state index in [1.54, 1.807) is 21.0 Å².